The minimum atomic E-state index is -0.419. The van der Waals surface area contributed by atoms with Crippen LogP contribution < -0.4 is 10.9 Å². The van der Waals surface area contributed by atoms with Crippen molar-refractivity contribution < 1.29 is 9.59 Å². The van der Waals surface area contributed by atoms with Crippen LogP contribution in [0.5, 0.6) is 0 Å². The molecule has 0 spiro atoms. The Kier molecular flexibility index (Phi) is 7.02. The number of nitrogens with zero attached hydrogens (tertiary/aromatic N) is 4. The van der Waals surface area contributed by atoms with Gasteiger partial charge in [-0.25, -0.2) is 4.68 Å². The first kappa shape index (κ1) is 21.7. The lowest BCUT2D eigenvalue weighted by Gasteiger charge is -2.22. The number of halogens is 2. The summed E-state index contributed by atoms with van der Waals surface area (Å²) in [5, 5.41) is 11.6. The van der Waals surface area contributed by atoms with E-state index in [1.807, 2.05) is 6.92 Å². The average Bonchev–Trinajstić information content (AvgIpc) is 2.72. The Balaban J connectivity index is 1.72. The number of carbonyl (C=O) groups excluding carboxylic acids is 2. The van der Waals surface area contributed by atoms with Crippen molar-refractivity contribution in [3.63, 3.8) is 0 Å². The van der Waals surface area contributed by atoms with Gasteiger partial charge < -0.3 is 10.2 Å². The molecule has 0 aliphatic carbocycles. The van der Waals surface area contributed by atoms with E-state index in [1.165, 1.54) is 11.0 Å². The summed E-state index contributed by atoms with van der Waals surface area (Å²) in [6.45, 7) is 1.72. The van der Waals surface area contributed by atoms with Crippen LogP contribution in [0, 0.1) is 0 Å². The third kappa shape index (κ3) is 5.14. The molecule has 0 atom stereocenters. The largest absolute Gasteiger partial charge is 0.332 e. The van der Waals surface area contributed by atoms with Gasteiger partial charge in [-0.2, -0.15) is 0 Å². The maximum atomic E-state index is 12.8. The van der Waals surface area contributed by atoms with Crippen LogP contribution in [0.25, 0.3) is 10.9 Å². The number of aromatic nitrogens is 3. The molecule has 0 aliphatic rings. The number of hydrogen-bond acceptors (Lipinski definition) is 5. The summed E-state index contributed by atoms with van der Waals surface area (Å²) in [6, 6.07) is 11.5. The molecule has 3 aromatic rings. The minimum Gasteiger partial charge on any atom is -0.332 e. The van der Waals surface area contributed by atoms with Crippen molar-refractivity contribution in [2.24, 2.45) is 0 Å². The van der Waals surface area contributed by atoms with Gasteiger partial charge in [-0.1, -0.05) is 47.5 Å². The molecule has 0 bridgehead atoms. The van der Waals surface area contributed by atoms with Crippen LogP contribution in [0.2, 0.25) is 10.0 Å². The molecule has 1 aromatic heterocycles. The van der Waals surface area contributed by atoms with E-state index in [-0.39, 0.29) is 13.1 Å². The minimum absolute atomic E-state index is 0.193. The van der Waals surface area contributed by atoms with Gasteiger partial charge in [0.05, 0.1) is 22.6 Å². The van der Waals surface area contributed by atoms with Crippen molar-refractivity contribution in [3.8, 4) is 0 Å². The standard InChI is InChI=1S/C20H19Cl2N5O3/c1-2-9-26(11-18(28)23-17-8-7-13(21)10-15(17)22)19(29)12-27-20(30)14-5-3-4-6-16(14)24-25-27/h3-8,10H,2,9,11-12H2,1H3,(H,23,28). The smallest absolute Gasteiger partial charge is 0.278 e. The van der Waals surface area contributed by atoms with E-state index in [4.69, 9.17) is 23.2 Å². The molecule has 2 amide bonds. The number of anilines is 1. The fraction of sp³-hybridized carbons (Fsp3) is 0.250. The van der Waals surface area contributed by atoms with Crippen molar-refractivity contribution in [3.05, 3.63) is 62.9 Å². The van der Waals surface area contributed by atoms with Crippen LogP contribution in [0.15, 0.2) is 47.3 Å². The number of nitrogens with one attached hydrogen (secondary N) is 1. The van der Waals surface area contributed by atoms with Gasteiger partial charge in [0.25, 0.3) is 5.56 Å². The van der Waals surface area contributed by atoms with E-state index in [0.29, 0.717) is 39.6 Å². The molecule has 0 unspecified atom stereocenters. The summed E-state index contributed by atoms with van der Waals surface area (Å²) in [4.78, 5) is 39.1. The van der Waals surface area contributed by atoms with Crippen LogP contribution in [0.3, 0.4) is 0 Å². The van der Waals surface area contributed by atoms with Crippen molar-refractivity contribution in [1.29, 1.82) is 0 Å². The highest BCUT2D eigenvalue weighted by molar-refractivity contribution is 6.36. The van der Waals surface area contributed by atoms with Crippen LogP contribution in [0.1, 0.15) is 13.3 Å². The van der Waals surface area contributed by atoms with Gasteiger partial charge in [0.2, 0.25) is 11.8 Å². The summed E-state index contributed by atoms with van der Waals surface area (Å²) in [5.41, 5.74) is 0.435. The van der Waals surface area contributed by atoms with Gasteiger partial charge in [-0.05, 0) is 36.8 Å². The van der Waals surface area contributed by atoms with Crippen molar-refractivity contribution in [1.82, 2.24) is 19.9 Å². The zero-order valence-corrected chi connectivity index (χ0v) is 17.7. The topological polar surface area (TPSA) is 97.2 Å². The van der Waals surface area contributed by atoms with E-state index < -0.39 is 17.4 Å². The molecule has 10 heteroatoms. The Hall–Kier alpha value is -2.97. The van der Waals surface area contributed by atoms with E-state index in [1.54, 1.807) is 36.4 Å². The third-order valence-electron chi connectivity index (χ3n) is 4.30. The number of fused-ring (bicyclic) bond motifs is 1. The van der Waals surface area contributed by atoms with Gasteiger partial charge in [-0.3, -0.25) is 14.4 Å². The molecule has 0 saturated carbocycles. The zero-order valence-electron chi connectivity index (χ0n) is 16.1. The molecule has 3 rings (SSSR count). The number of rotatable bonds is 7. The first-order valence-electron chi connectivity index (χ1n) is 9.24. The van der Waals surface area contributed by atoms with Crippen LogP contribution >= 0.6 is 23.2 Å². The summed E-state index contributed by atoms with van der Waals surface area (Å²) in [7, 11) is 0. The first-order valence-corrected chi connectivity index (χ1v) is 10.00. The number of carbonyl (C=O) groups is 2. The second-order valence-corrected chi connectivity index (χ2v) is 7.40. The molecule has 0 saturated heterocycles. The molecule has 0 radical (unpaired) electrons. The summed E-state index contributed by atoms with van der Waals surface area (Å²) in [5.74, 6) is -0.834. The maximum absolute atomic E-state index is 12.8. The highest BCUT2D eigenvalue weighted by atomic mass is 35.5. The van der Waals surface area contributed by atoms with Crippen molar-refractivity contribution >= 4 is 51.6 Å². The molecular formula is C20H19Cl2N5O3. The lowest BCUT2D eigenvalue weighted by atomic mass is 10.2. The third-order valence-corrected chi connectivity index (χ3v) is 4.85. The molecular weight excluding hydrogens is 429 g/mol. The van der Waals surface area contributed by atoms with Crippen molar-refractivity contribution in [2.45, 2.75) is 19.9 Å². The van der Waals surface area contributed by atoms with Gasteiger partial charge >= 0.3 is 0 Å². The van der Waals surface area contributed by atoms with Gasteiger partial charge in [-0.15, -0.1) is 5.10 Å². The number of benzene rings is 2. The lowest BCUT2D eigenvalue weighted by molar-refractivity contribution is -0.135. The fourth-order valence-electron chi connectivity index (χ4n) is 2.87. The van der Waals surface area contributed by atoms with Gasteiger partial charge in [0.15, 0.2) is 0 Å². The average molecular weight is 448 g/mol. The Bertz CT molecular complexity index is 1150. The highest BCUT2D eigenvalue weighted by Crippen LogP contribution is 2.25. The summed E-state index contributed by atoms with van der Waals surface area (Å²) >= 11 is 11.9. The molecule has 1 heterocycles. The zero-order chi connectivity index (χ0) is 21.7. The highest BCUT2D eigenvalue weighted by Gasteiger charge is 2.19. The van der Waals surface area contributed by atoms with Crippen LogP contribution in [0.4, 0.5) is 5.69 Å². The fourth-order valence-corrected chi connectivity index (χ4v) is 3.33. The molecule has 2 aromatic carbocycles. The second kappa shape index (κ2) is 9.69. The number of hydrogen-bond donors (Lipinski definition) is 1. The van der Waals surface area contributed by atoms with Gasteiger partial charge in [0, 0.05) is 11.6 Å². The lowest BCUT2D eigenvalue weighted by Crippen LogP contribution is -2.42. The van der Waals surface area contributed by atoms with Gasteiger partial charge in [0.1, 0.15) is 12.1 Å². The summed E-state index contributed by atoms with van der Waals surface area (Å²) < 4.78 is 1.00. The predicted molar refractivity (Wildman–Crippen MR) is 116 cm³/mol. The SMILES string of the molecule is CCCN(CC(=O)Nc1ccc(Cl)cc1Cl)C(=O)Cn1nnc2ccccc2c1=O. The molecule has 0 fully saturated rings. The predicted octanol–water partition coefficient (Wildman–Crippen LogP) is 2.98. The van der Waals surface area contributed by atoms with Crippen LogP contribution in [-0.4, -0.2) is 44.8 Å². The quantitative estimate of drug-likeness (QED) is 0.600. The van der Waals surface area contributed by atoms with E-state index >= 15 is 0 Å². The Morgan fingerprint density at radius 3 is 2.67 bits per heavy atom. The molecule has 1 N–H and O–H groups in total. The molecule has 8 nitrogen and oxygen atoms in total. The molecule has 156 valence electrons. The maximum Gasteiger partial charge on any atom is 0.278 e. The van der Waals surface area contributed by atoms with E-state index in [2.05, 4.69) is 15.6 Å². The van der Waals surface area contributed by atoms with Crippen molar-refractivity contribution in [2.75, 3.05) is 18.4 Å². The van der Waals surface area contributed by atoms with E-state index in [9.17, 15) is 14.4 Å². The summed E-state index contributed by atoms with van der Waals surface area (Å²) in [6.07, 6.45) is 0.638. The normalized spacial score (nSPS) is 10.8. The first-order chi connectivity index (χ1) is 14.4. The molecule has 30 heavy (non-hydrogen) atoms. The Morgan fingerprint density at radius 2 is 1.93 bits per heavy atom. The Labute approximate surface area is 182 Å². The number of amides is 2. The van der Waals surface area contributed by atoms with Crippen LogP contribution in [-0.2, 0) is 16.1 Å². The monoisotopic (exact) mass is 447 g/mol. The van der Waals surface area contributed by atoms with E-state index in [0.717, 1.165) is 4.68 Å². The second-order valence-electron chi connectivity index (χ2n) is 6.56. The molecule has 0 aliphatic heterocycles. The Morgan fingerprint density at radius 1 is 1.17 bits per heavy atom.